The second-order valence-corrected chi connectivity index (χ2v) is 10.5. The molecule has 8 nitrogen and oxygen atoms in total. The van der Waals surface area contributed by atoms with Gasteiger partial charge in [0, 0.05) is 11.1 Å². The molecule has 1 N–H and O–H groups in total. The van der Waals surface area contributed by atoms with Crippen molar-refractivity contribution in [1.82, 2.24) is 15.5 Å². The van der Waals surface area contributed by atoms with Gasteiger partial charge in [-0.1, -0.05) is 46.8 Å². The Hall–Kier alpha value is -2.73. The number of thioether (sulfide) groups is 1. The highest BCUT2D eigenvalue weighted by Crippen LogP contribution is 2.37. The molecule has 0 bridgehead atoms. The van der Waals surface area contributed by atoms with Gasteiger partial charge in [-0.3, -0.25) is 14.9 Å². The van der Waals surface area contributed by atoms with Gasteiger partial charge in [-0.2, -0.15) is 0 Å². The number of amides is 1. The predicted molar refractivity (Wildman–Crippen MR) is 129 cm³/mol. The van der Waals surface area contributed by atoms with Crippen LogP contribution in [0.5, 0.6) is 0 Å². The SMILES string of the molecule is Cc1nnc(Sc2ccc(/C=C3\SC(=Nc4ccc(C)c(Cl)c4)NC3=O)cc2[N+](=O)[O-])s1. The fourth-order valence-electron chi connectivity index (χ4n) is 2.67. The van der Waals surface area contributed by atoms with Crippen molar-refractivity contribution < 1.29 is 9.72 Å². The number of nitro benzene ring substituents is 1. The van der Waals surface area contributed by atoms with E-state index in [0.717, 1.165) is 22.3 Å². The standard InChI is InChI=1S/C20H14ClN5O3S3/c1-10-3-5-13(9-14(10)21)22-19-23-18(27)17(31-19)8-12-4-6-16(15(7-12)26(28)29)32-20-25-24-11(2)30-20/h3-9H,1-2H3,(H,22,23,27)/b17-8-. The molecule has 0 spiro atoms. The van der Waals surface area contributed by atoms with Crippen molar-refractivity contribution in [2.75, 3.05) is 0 Å². The summed E-state index contributed by atoms with van der Waals surface area (Å²) in [6.07, 6.45) is 1.60. The average Bonchev–Trinajstić information content (AvgIpc) is 3.30. The van der Waals surface area contributed by atoms with E-state index in [1.807, 2.05) is 26.0 Å². The number of aliphatic imine (C=N–C) groups is 1. The molecule has 1 amide bonds. The number of halogens is 1. The number of rotatable bonds is 5. The van der Waals surface area contributed by atoms with E-state index < -0.39 is 4.92 Å². The van der Waals surface area contributed by atoms with Crippen LogP contribution in [-0.2, 0) is 4.79 Å². The van der Waals surface area contributed by atoms with E-state index in [9.17, 15) is 14.9 Å². The normalized spacial score (nSPS) is 16.0. The van der Waals surface area contributed by atoms with Crippen molar-refractivity contribution in [1.29, 1.82) is 0 Å². The Kier molecular flexibility index (Phi) is 6.60. The Morgan fingerprint density at radius 1 is 1.22 bits per heavy atom. The second-order valence-electron chi connectivity index (χ2n) is 6.59. The molecule has 1 fully saturated rings. The maximum absolute atomic E-state index is 12.4. The van der Waals surface area contributed by atoms with Gasteiger partial charge in [0.1, 0.15) is 5.01 Å². The van der Waals surface area contributed by atoms with Gasteiger partial charge < -0.3 is 5.32 Å². The molecule has 32 heavy (non-hydrogen) atoms. The quantitative estimate of drug-likeness (QED) is 0.267. The lowest BCUT2D eigenvalue weighted by Crippen LogP contribution is -2.19. The van der Waals surface area contributed by atoms with E-state index in [4.69, 9.17) is 11.6 Å². The number of aromatic nitrogens is 2. The first-order chi connectivity index (χ1) is 15.3. The average molecular weight is 504 g/mol. The number of carbonyl (C=O) groups excluding carboxylic acids is 1. The van der Waals surface area contributed by atoms with E-state index in [1.54, 1.807) is 24.3 Å². The predicted octanol–water partition coefficient (Wildman–Crippen LogP) is 5.76. The minimum absolute atomic E-state index is 0.0659. The van der Waals surface area contributed by atoms with E-state index in [1.165, 1.54) is 29.2 Å². The van der Waals surface area contributed by atoms with Crippen LogP contribution >= 0.6 is 46.5 Å². The van der Waals surface area contributed by atoms with Gasteiger partial charge in [-0.05, 0) is 61.0 Å². The molecule has 162 valence electrons. The summed E-state index contributed by atoms with van der Waals surface area (Å²) in [7, 11) is 0. The molecule has 0 saturated carbocycles. The number of hydrogen-bond acceptors (Lipinski definition) is 9. The molecule has 0 atom stereocenters. The molecule has 1 aliphatic rings. The largest absolute Gasteiger partial charge is 0.300 e. The summed E-state index contributed by atoms with van der Waals surface area (Å²) < 4.78 is 0.625. The van der Waals surface area contributed by atoms with Gasteiger partial charge in [0.05, 0.1) is 20.4 Å². The van der Waals surface area contributed by atoms with Gasteiger partial charge in [-0.15, -0.1) is 10.2 Å². The summed E-state index contributed by atoms with van der Waals surface area (Å²) in [6, 6.07) is 10.2. The van der Waals surface area contributed by atoms with Crippen LogP contribution in [0, 0.1) is 24.0 Å². The lowest BCUT2D eigenvalue weighted by atomic mass is 10.2. The minimum Gasteiger partial charge on any atom is -0.300 e. The van der Waals surface area contributed by atoms with Gasteiger partial charge in [0.15, 0.2) is 9.51 Å². The zero-order valence-electron chi connectivity index (χ0n) is 16.7. The van der Waals surface area contributed by atoms with Crippen molar-refractivity contribution in [2.24, 2.45) is 4.99 Å². The van der Waals surface area contributed by atoms with Crippen molar-refractivity contribution in [3.63, 3.8) is 0 Å². The Balaban J connectivity index is 1.58. The number of aryl methyl sites for hydroxylation is 2. The van der Waals surface area contributed by atoms with Crippen molar-refractivity contribution in [3.05, 3.63) is 72.6 Å². The lowest BCUT2D eigenvalue weighted by Gasteiger charge is -2.02. The zero-order valence-corrected chi connectivity index (χ0v) is 19.9. The number of nitrogens with zero attached hydrogens (tertiary/aromatic N) is 4. The number of hydrogen-bond donors (Lipinski definition) is 1. The third-order valence-corrected chi connectivity index (χ3v) is 7.49. The van der Waals surface area contributed by atoms with Crippen LogP contribution in [0.4, 0.5) is 11.4 Å². The third kappa shape index (κ3) is 5.18. The van der Waals surface area contributed by atoms with E-state index in [0.29, 0.717) is 35.6 Å². The summed E-state index contributed by atoms with van der Waals surface area (Å²) in [5.74, 6) is -0.322. The van der Waals surface area contributed by atoms with Crippen LogP contribution in [0.15, 0.2) is 55.5 Å². The first kappa shape index (κ1) is 22.5. The van der Waals surface area contributed by atoms with Crippen molar-refractivity contribution >= 4 is 75.0 Å². The zero-order chi connectivity index (χ0) is 22.8. The number of nitro groups is 1. The van der Waals surface area contributed by atoms with E-state index >= 15 is 0 Å². The Morgan fingerprint density at radius 3 is 2.72 bits per heavy atom. The summed E-state index contributed by atoms with van der Waals surface area (Å²) in [5, 5.41) is 24.0. The molecule has 0 radical (unpaired) electrons. The van der Waals surface area contributed by atoms with Crippen LogP contribution in [0.3, 0.4) is 0 Å². The molecule has 1 aliphatic heterocycles. The fraction of sp³-hybridized carbons (Fsp3) is 0.100. The highest BCUT2D eigenvalue weighted by molar-refractivity contribution is 8.18. The fourth-order valence-corrected chi connectivity index (χ4v) is 5.54. The third-order valence-electron chi connectivity index (χ3n) is 4.22. The molecule has 3 aromatic rings. The molecule has 0 aliphatic carbocycles. The van der Waals surface area contributed by atoms with Crippen molar-refractivity contribution in [2.45, 2.75) is 23.1 Å². The molecule has 2 aromatic carbocycles. The van der Waals surface area contributed by atoms with Gasteiger partial charge in [-0.25, -0.2) is 4.99 Å². The summed E-state index contributed by atoms with van der Waals surface area (Å²) in [6.45, 7) is 3.71. The monoisotopic (exact) mass is 503 g/mol. The van der Waals surface area contributed by atoms with Crippen LogP contribution in [0.1, 0.15) is 16.1 Å². The van der Waals surface area contributed by atoms with Crippen LogP contribution in [-0.4, -0.2) is 26.2 Å². The summed E-state index contributed by atoms with van der Waals surface area (Å²) in [4.78, 5) is 28.8. The number of carbonyl (C=O) groups is 1. The Morgan fingerprint density at radius 2 is 2.03 bits per heavy atom. The van der Waals surface area contributed by atoms with Crippen LogP contribution in [0.2, 0.25) is 5.02 Å². The number of benzene rings is 2. The van der Waals surface area contributed by atoms with E-state index in [-0.39, 0.29) is 11.6 Å². The Bertz CT molecular complexity index is 1310. The maximum atomic E-state index is 12.4. The smallest absolute Gasteiger partial charge is 0.283 e. The van der Waals surface area contributed by atoms with E-state index in [2.05, 4.69) is 20.5 Å². The summed E-state index contributed by atoms with van der Waals surface area (Å²) in [5.41, 5.74) is 2.02. The lowest BCUT2D eigenvalue weighted by molar-refractivity contribution is -0.387. The first-order valence-electron chi connectivity index (χ1n) is 9.10. The molecule has 4 rings (SSSR count). The van der Waals surface area contributed by atoms with Gasteiger partial charge in [0.25, 0.3) is 11.6 Å². The highest BCUT2D eigenvalue weighted by atomic mass is 35.5. The molecule has 0 unspecified atom stereocenters. The maximum Gasteiger partial charge on any atom is 0.283 e. The highest BCUT2D eigenvalue weighted by Gasteiger charge is 2.25. The van der Waals surface area contributed by atoms with Crippen LogP contribution in [0.25, 0.3) is 6.08 Å². The molecule has 1 aromatic heterocycles. The number of amidine groups is 1. The molecular weight excluding hydrogens is 490 g/mol. The number of nitrogens with one attached hydrogen (secondary N) is 1. The van der Waals surface area contributed by atoms with Crippen LogP contribution < -0.4 is 5.32 Å². The minimum atomic E-state index is -0.450. The topological polar surface area (TPSA) is 110 Å². The van der Waals surface area contributed by atoms with Gasteiger partial charge in [0.2, 0.25) is 0 Å². The molecular formula is C20H14ClN5O3S3. The molecule has 1 saturated heterocycles. The summed E-state index contributed by atoms with van der Waals surface area (Å²) >= 11 is 9.84. The molecule has 12 heteroatoms. The first-order valence-corrected chi connectivity index (χ1v) is 11.9. The molecule has 2 heterocycles. The Labute approximate surface area is 200 Å². The van der Waals surface area contributed by atoms with Gasteiger partial charge >= 0.3 is 0 Å². The second kappa shape index (κ2) is 9.41. The van der Waals surface area contributed by atoms with Crippen molar-refractivity contribution in [3.8, 4) is 0 Å².